The first-order valence-corrected chi connectivity index (χ1v) is 7.26. The van der Waals surface area contributed by atoms with E-state index in [0.29, 0.717) is 11.4 Å². The van der Waals surface area contributed by atoms with Gasteiger partial charge in [-0.05, 0) is 42.5 Å². The van der Waals surface area contributed by atoms with E-state index in [2.05, 4.69) is 0 Å². The van der Waals surface area contributed by atoms with Crippen LogP contribution in [-0.2, 0) is 10.1 Å². The number of hydrogen-bond acceptors (Lipinski definition) is 6. The zero-order valence-corrected chi connectivity index (χ0v) is 12.1. The maximum absolute atomic E-state index is 10.5. The molecule has 0 aliphatic rings. The number of benzene rings is 2. The van der Waals surface area contributed by atoms with E-state index < -0.39 is 16.1 Å². The van der Waals surface area contributed by atoms with Gasteiger partial charge in [0.05, 0.1) is 10.5 Å². The molecule has 0 atom stereocenters. The Morgan fingerprint density at radius 2 is 1.41 bits per heavy atom. The molecule has 0 radical (unpaired) electrons. The Morgan fingerprint density at radius 3 is 1.82 bits per heavy atom. The van der Waals surface area contributed by atoms with Crippen molar-refractivity contribution in [3.8, 4) is 0 Å². The van der Waals surface area contributed by atoms with Gasteiger partial charge in [-0.25, -0.2) is 4.79 Å². The van der Waals surface area contributed by atoms with E-state index in [9.17, 15) is 13.2 Å². The van der Waals surface area contributed by atoms with Gasteiger partial charge in [0.2, 0.25) is 0 Å². The number of rotatable bonds is 2. The summed E-state index contributed by atoms with van der Waals surface area (Å²) in [5, 5.41) is 8.55. The highest BCUT2D eigenvalue weighted by Gasteiger charge is 2.07. The van der Waals surface area contributed by atoms with Crippen molar-refractivity contribution in [1.29, 1.82) is 0 Å². The molecule has 0 aliphatic carbocycles. The number of anilines is 3. The molecule has 8 N–H and O–H groups in total. The van der Waals surface area contributed by atoms with Crippen molar-refractivity contribution in [2.75, 3.05) is 17.2 Å². The predicted molar refractivity (Wildman–Crippen MR) is 82.9 cm³/mol. The minimum atomic E-state index is -4.08. The highest BCUT2D eigenvalue weighted by atomic mass is 32.2. The zero-order chi connectivity index (χ0) is 16.9. The van der Waals surface area contributed by atoms with Gasteiger partial charge < -0.3 is 22.3 Å². The third-order valence-corrected chi connectivity index (χ3v) is 3.35. The minimum absolute atomic E-state index is 0.0463. The van der Waals surface area contributed by atoms with Crippen molar-refractivity contribution in [3.05, 3.63) is 48.0 Å². The lowest BCUT2D eigenvalue weighted by atomic mass is 10.1. The fourth-order valence-corrected chi connectivity index (χ4v) is 1.88. The average molecular weight is 325 g/mol. The molecule has 0 saturated heterocycles. The van der Waals surface area contributed by atoms with Crippen molar-refractivity contribution in [1.82, 2.24) is 0 Å². The third-order valence-electron chi connectivity index (χ3n) is 2.49. The number of hydrogen-bond donors (Lipinski definition) is 5. The Morgan fingerprint density at radius 1 is 0.909 bits per heavy atom. The van der Waals surface area contributed by atoms with Crippen LogP contribution < -0.4 is 17.2 Å². The number of carbonyl (C=O) groups is 1. The Kier molecular flexibility index (Phi) is 5.33. The second-order valence-corrected chi connectivity index (χ2v) is 5.62. The molecular weight excluding hydrogens is 310 g/mol. The van der Waals surface area contributed by atoms with E-state index in [-0.39, 0.29) is 16.1 Å². The maximum atomic E-state index is 10.5. The second kappa shape index (κ2) is 6.78. The first kappa shape index (κ1) is 17.3. The maximum Gasteiger partial charge on any atom is 0.337 e. The quantitative estimate of drug-likeness (QED) is 0.403. The van der Waals surface area contributed by atoms with E-state index in [1.54, 1.807) is 6.07 Å². The molecule has 0 saturated carbocycles. The van der Waals surface area contributed by atoms with Gasteiger partial charge in [-0.15, -0.1) is 0 Å². The Bertz CT molecular complexity index is 773. The molecule has 0 spiro atoms. The molecule has 0 heterocycles. The summed E-state index contributed by atoms with van der Waals surface area (Å²) in [4.78, 5) is 10.3. The predicted octanol–water partition coefficient (Wildman–Crippen LogP) is 1.06. The van der Waals surface area contributed by atoms with Gasteiger partial charge in [-0.2, -0.15) is 8.42 Å². The van der Waals surface area contributed by atoms with E-state index in [1.165, 1.54) is 36.4 Å². The molecule has 2 rings (SSSR count). The molecule has 2 aromatic rings. The van der Waals surface area contributed by atoms with Crippen LogP contribution in [0.25, 0.3) is 0 Å². The molecule has 0 aromatic heterocycles. The van der Waals surface area contributed by atoms with Crippen LogP contribution in [0.15, 0.2) is 47.4 Å². The number of carboxylic acid groups (broad SMARTS) is 1. The molecule has 22 heavy (non-hydrogen) atoms. The molecule has 0 bridgehead atoms. The van der Waals surface area contributed by atoms with Gasteiger partial charge in [-0.3, -0.25) is 4.55 Å². The number of aromatic carboxylic acids is 1. The van der Waals surface area contributed by atoms with E-state index in [4.69, 9.17) is 26.9 Å². The van der Waals surface area contributed by atoms with Crippen molar-refractivity contribution < 1.29 is 22.9 Å². The van der Waals surface area contributed by atoms with Gasteiger partial charge >= 0.3 is 5.97 Å². The molecule has 8 nitrogen and oxygen atoms in total. The van der Waals surface area contributed by atoms with Crippen LogP contribution in [0.5, 0.6) is 0 Å². The molecule has 0 amide bonds. The average Bonchev–Trinajstić information content (AvgIpc) is 2.41. The number of carboxylic acids is 1. The lowest BCUT2D eigenvalue weighted by Crippen LogP contribution is -2.02. The first-order valence-electron chi connectivity index (χ1n) is 5.82. The minimum Gasteiger partial charge on any atom is -0.478 e. The summed E-state index contributed by atoms with van der Waals surface area (Å²) in [6.45, 7) is 0. The molecule has 118 valence electrons. The smallest absolute Gasteiger partial charge is 0.337 e. The monoisotopic (exact) mass is 325 g/mol. The second-order valence-electron chi connectivity index (χ2n) is 4.20. The Hall–Kier alpha value is -2.78. The number of nitrogen functional groups attached to an aromatic ring is 3. The van der Waals surface area contributed by atoms with Crippen LogP contribution in [-0.4, -0.2) is 24.0 Å². The molecule has 2 aromatic carbocycles. The molecule has 0 aliphatic heterocycles. The Labute approximate surface area is 126 Å². The number of nitrogens with two attached hydrogens (primary N) is 3. The standard InChI is InChI=1S/C7H8N2O2.C6H7NO3S/c8-4-1-2-6(9)5(3-4)7(10)11;7-5-1-3-6(4-2-5)11(8,9)10/h1-3H,8-9H2,(H,10,11);1-4H,7H2,(H,8,9,10). The normalized spacial score (nSPS) is 10.4. The van der Waals surface area contributed by atoms with Crippen LogP contribution in [0.1, 0.15) is 10.4 Å². The van der Waals surface area contributed by atoms with Gasteiger partial charge in [0.25, 0.3) is 10.1 Å². The SMILES string of the molecule is Nc1ccc(N)c(C(=O)O)c1.Nc1ccc(S(=O)(=O)O)cc1. The molecular formula is C13H15N3O5S. The fourth-order valence-electron chi connectivity index (χ4n) is 1.40. The fraction of sp³-hybridized carbons (Fsp3) is 0. The van der Waals surface area contributed by atoms with Crippen LogP contribution >= 0.6 is 0 Å². The van der Waals surface area contributed by atoms with Crippen LogP contribution in [0.2, 0.25) is 0 Å². The van der Waals surface area contributed by atoms with E-state index in [0.717, 1.165) is 0 Å². The van der Waals surface area contributed by atoms with E-state index in [1.807, 2.05) is 0 Å². The summed E-state index contributed by atoms with van der Waals surface area (Å²) in [5.74, 6) is -1.06. The zero-order valence-electron chi connectivity index (χ0n) is 11.3. The van der Waals surface area contributed by atoms with Crippen LogP contribution in [0.4, 0.5) is 17.1 Å². The van der Waals surface area contributed by atoms with Crippen molar-refractivity contribution >= 4 is 33.1 Å². The lowest BCUT2D eigenvalue weighted by molar-refractivity contribution is 0.0698. The van der Waals surface area contributed by atoms with Crippen LogP contribution in [0, 0.1) is 0 Å². The third kappa shape index (κ3) is 4.96. The molecule has 0 unspecified atom stereocenters. The van der Waals surface area contributed by atoms with Crippen molar-refractivity contribution in [2.24, 2.45) is 0 Å². The van der Waals surface area contributed by atoms with Crippen LogP contribution in [0.3, 0.4) is 0 Å². The molecule has 0 fully saturated rings. The van der Waals surface area contributed by atoms with E-state index >= 15 is 0 Å². The van der Waals surface area contributed by atoms with Gasteiger partial charge in [0.15, 0.2) is 0 Å². The summed E-state index contributed by atoms with van der Waals surface area (Å²) < 4.78 is 29.4. The lowest BCUT2D eigenvalue weighted by Gasteiger charge is -2.00. The summed E-state index contributed by atoms with van der Waals surface area (Å²) in [6.07, 6.45) is 0. The Balaban J connectivity index is 0.000000220. The van der Waals surface area contributed by atoms with Gasteiger partial charge in [0.1, 0.15) is 0 Å². The van der Waals surface area contributed by atoms with Gasteiger partial charge in [-0.1, -0.05) is 0 Å². The summed E-state index contributed by atoms with van der Waals surface area (Å²) in [7, 11) is -4.08. The summed E-state index contributed by atoms with van der Waals surface area (Å²) in [5.41, 5.74) is 17.1. The topological polar surface area (TPSA) is 170 Å². The highest BCUT2D eigenvalue weighted by Crippen LogP contribution is 2.14. The first-order chi connectivity index (χ1) is 10.1. The largest absolute Gasteiger partial charge is 0.478 e. The highest BCUT2D eigenvalue weighted by molar-refractivity contribution is 7.85. The van der Waals surface area contributed by atoms with Gasteiger partial charge in [0, 0.05) is 17.1 Å². The summed E-state index contributed by atoms with van der Waals surface area (Å²) in [6, 6.07) is 9.65. The molecule has 9 heteroatoms. The van der Waals surface area contributed by atoms with Crippen molar-refractivity contribution in [2.45, 2.75) is 4.90 Å². The van der Waals surface area contributed by atoms with Crippen molar-refractivity contribution in [3.63, 3.8) is 0 Å². The summed E-state index contributed by atoms with van der Waals surface area (Å²) >= 11 is 0.